The predicted octanol–water partition coefficient (Wildman–Crippen LogP) is 3.90. The van der Waals surface area contributed by atoms with Gasteiger partial charge in [-0.05, 0) is 107 Å². The Hall–Kier alpha value is -1.11. The number of hydrogen-bond donors (Lipinski definition) is 2. The Bertz CT molecular complexity index is 1520. The van der Waals surface area contributed by atoms with Crippen molar-refractivity contribution in [3.63, 3.8) is 0 Å². The summed E-state index contributed by atoms with van der Waals surface area (Å²) in [7, 11) is -7.01. The molecule has 0 saturated carbocycles. The molecule has 256 valence electrons. The van der Waals surface area contributed by atoms with Crippen LogP contribution in [-0.2, 0) is 38.8 Å². The normalized spacial score (nSPS) is 26.0. The highest BCUT2D eigenvalue weighted by atomic mass is 127. The van der Waals surface area contributed by atoms with E-state index in [1.54, 1.807) is 27.7 Å². The van der Waals surface area contributed by atoms with Gasteiger partial charge in [-0.15, -0.1) is 0 Å². The number of ether oxygens (including phenoxy) is 2. The molecule has 2 aromatic rings. The van der Waals surface area contributed by atoms with E-state index >= 15 is 0 Å². The lowest BCUT2D eigenvalue weighted by Gasteiger charge is -2.32. The zero-order valence-corrected chi connectivity index (χ0v) is 31.7. The lowest BCUT2D eigenvalue weighted by Crippen LogP contribution is -2.42. The van der Waals surface area contributed by atoms with Crippen molar-refractivity contribution < 1.29 is 35.6 Å². The minimum Gasteiger partial charge on any atom is -0.399 e. The summed E-state index contributed by atoms with van der Waals surface area (Å²) in [5, 5.41) is -0.894. The molecular formula is C32H48BIN2O8S2. The van der Waals surface area contributed by atoms with Gasteiger partial charge < -0.3 is 18.8 Å². The Morgan fingerprint density at radius 2 is 1.04 bits per heavy atom. The van der Waals surface area contributed by atoms with Crippen LogP contribution < -0.4 is 14.9 Å². The summed E-state index contributed by atoms with van der Waals surface area (Å²) in [6, 6.07) is 15.7. The van der Waals surface area contributed by atoms with Crippen LogP contribution in [0.2, 0.25) is 0 Å². The Labute approximate surface area is 289 Å². The van der Waals surface area contributed by atoms with Gasteiger partial charge in [-0.25, -0.2) is 26.3 Å². The van der Waals surface area contributed by atoms with Crippen LogP contribution in [0.15, 0.2) is 48.5 Å². The largest absolute Gasteiger partial charge is 0.494 e. The maximum atomic E-state index is 12.2. The average molecular weight is 791 g/mol. The maximum absolute atomic E-state index is 12.2. The van der Waals surface area contributed by atoms with Crippen LogP contribution in [0.1, 0.15) is 78.4 Å². The van der Waals surface area contributed by atoms with Crippen molar-refractivity contribution in [2.45, 2.75) is 101 Å². The van der Waals surface area contributed by atoms with E-state index in [-0.39, 0.29) is 35.1 Å². The number of nitrogens with one attached hydrogen (secondary N) is 2. The van der Waals surface area contributed by atoms with Gasteiger partial charge in [-0.3, -0.25) is 0 Å². The number of rotatable bonds is 9. The van der Waals surface area contributed by atoms with E-state index in [1.807, 2.05) is 76.2 Å². The molecule has 0 spiro atoms. The second-order valence-corrected chi connectivity index (χ2v) is 19.5. The molecule has 0 bridgehead atoms. The molecule has 46 heavy (non-hydrogen) atoms. The summed E-state index contributed by atoms with van der Waals surface area (Å²) in [4.78, 5) is 0. The fraction of sp³-hybridized carbons (Fsp3) is 0.625. The number of hydrogen-bond acceptors (Lipinski definition) is 8. The molecule has 4 atom stereocenters. The second-order valence-electron chi connectivity index (χ2n) is 13.7. The molecule has 14 heteroatoms. The summed E-state index contributed by atoms with van der Waals surface area (Å²) in [5.41, 5.74) is 2.36. The van der Waals surface area contributed by atoms with Gasteiger partial charge >= 0.3 is 7.12 Å². The van der Waals surface area contributed by atoms with Crippen molar-refractivity contribution in [3.05, 3.63) is 63.2 Å². The molecule has 3 saturated heterocycles. The Kier molecular flexibility index (Phi) is 12.1. The molecule has 0 amide bonds. The minimum atomic E-state index is -3.34. The monoisotopic (exact) mass is 790 g/mol. The molecule has 3 heterocycles. The van der Waals surface area contributed by atoms with Gasteiger partial charge in [0.15, 0.2) is 0 Å². The second kappa shape index (κ2) is 14.8. The molecule has 0 aromatic heterocycles. The molecule has 10 nitrogen and oxygen atoms in total. The molecule has 3 fully saturated rings. The zero-order chi connectivity index (χ0) is 34.1. The fourth-order valence-electron chi connectivity index (χ4n) is 5.28. The van der Waals surface area contributed by atoms with Crippen LogP contribution in [-0.4, -0.2) is 84.2 Å². The van der Waals surface area contributed by atoms with Gasteiger partial charge in [0.1, 0.15) is 0 Å². The van der Waals surface area contributed by atoms with Crippen LogP contribution >= 0.6 is 22.6 Å². The zero-order valence-electron chi connectivity index (χ0n) is 27.9. The quantitative estimate of drug-likeness (QED) is 0.290. The fourth-order valence-corrected chi connectivity index (χ4v) is 7.49. The molecule has 2 aromatic carbocycles. The maximum Gasteiger partial charge on any atom is 0.494 e. The smallest absolute Gasteiger partial charge is 0.399 e. The first-order valence-corrected chi connectivity index (χ1v) is 19.9. The number of benzene rings is 2. The van der Waals surface area contributed by atoms with Crippen molar-refractivity contribution in [1.82, 2.24) is 9.44 Å². The van der Waals surface area contributed by atoms with Crippen molar-refractivity contribution in [2.75, 3.05) is 26.4 Å². The van der Waals surface area contributed by atoms with E-state index in [4.69, 9.17) is 18.8 Å². The Morgan fingerprint density at radius 1 is 0.674 bits per heavy atom. The van der Waals surface area contributed by atoms with Crippen LogP contribution in [0.3, 0.4) is 0 Å². The average Bonchev–Trinajstić information content (AvgIpc) is 3.67. The summed E-state index contributed by atoms with van der Waals surface area (Å²) in [6.45, 7) is 16.7. The minimum absolute atomic E-state index is 0.00845. The van der Waals surface area contributed by atoms with Gasteiger partial charge in [-0.2, -0.15) is 0 Å². The van der Waals surface area contributed by atoms with Crippen molar-refractivity contribution in [3.8, 4) is 0 Å². The van der Waals surface area contributed by atoms with Crippen molar-refractivity contribution >= 4 is 55.2 Å². The summed E-state index contributed by atoms with van der Waals surface area (Å²) in [6.07, 6.45) is 0. The van der Waals surface area contributed by atoms with E-state index in [0.717, 1.165) is 16.6 Å². The van der Waals surface area contributed by atoms with Gasteiger partial charge in [-0.1, -0.05) is 36.4 Å². The first kappa shape index (κ1) is 37.7. The van der Waals surface area contributed by atoms with Crippen LogP contribution in [0, 0.1) is 3.57 Å². The number of halogens is 1. The highest BCUT2D eigenvalue weighted by Crippen LogP contribution is 2.36. The van der Waals surface area contributed by atoms with Gasteiger partial charge in [0.05, 0.1) is 60.2 Å². The molecule has 3 aliphatic rings. The standard InChI is InChI=1S/C19H30BNO5S.C13H18INO3S/c1-13(2)27(22,23)21-17-12-24-11-16(17)14-7-9-15(10-8-14)20-25-18(3,4)19(5,6)26-20;1-9(2)19(16,17)15-13-8-18-7-12(13)10-3-5-11(14)6-4-10/h7-10,13,16-17,21H,11-12H2,1-6H3;3-6,9,12-13,15H,7-8H2,1-2H3/t16-,17-;12-,13-/m11/s1. The lowest BCUT2D eigenvalue weighted by atomic mass is 9.78. The van der Waals surface area contributed by atoms with E-state index in [9.17, 15) is 16.8 Å². The molecule has 3 aliphatic heterocycles. The van der Waals surface area contributed by atoms with Crippen LogP contribution in [0.25, 0.3) is 0 Å². The molecule has 5 rings (SSSR count). The highest BCUT2D eigenvalue weighted by Gasteiger charge is 2.51. The third-order valence-electron chi connectivity index (χ3n) is 9.22. The Balaban J connectivity index is 0.000000222. The molecule has 2 N–H and O–H groups in total. The van der Waals surface area contributed by atoms with E-state index < -0.39 is 37.7 Å². The molecular weight excluding hydrogens is 742 g/mol. The Morgan fingerprint density at radius 3 is 1.41 bits per heavy atom. The van der Waals surface area contributed by atoms with Crippen molar-refractivity contribution in [1.29, 1.82) is 0 Å². The van der Waals surface area contributed by atoms with Gasteiger partial charge in [0.25, 0.3) is 0 Å². The molecule has 0 unspecified atom stereocenters. The predicted molar refractivity (Wildman–Crippen MR) is 190 cm³/mol. The summed E-state index contributed by atoms with van der Waals surface area (Å²) in [5.74, 6) is 0.0800. The lowest BCUT2D eigenvalue weighted by molar-refractivity contribution is 0.00578. The summed E-state index contributed by atoms with van der Waals surface area (Å²) >= 11 is 2.25. The third-order valence-corrected chi connectivity index (χ3v) is 13.7. The van der Waals surface area contributed by atoms with E-state index in [0.29, 0.717) is 26.4 Å². The van der Waals surface area contributed by atoms with Crippen molar-refractivity contribution in [2.24, 2.45) is 0 Å². The first-order chi connectivity index (χ1) is 21.3. The number of sulfonamides is 2. The summed E-state index contributed by atoms with van der Waals surface area (Å²) < 4.78 is 78.2. The highest BCUT2D eigenvalue weighted by molar-refractivity contribution is 14.1. The van der Waals surface area contributed by atoms with Gasteiger partial charge in [0.2, 0.25) is 20.0 Å². The third kappa shape index (κ3) is 8.92. The first-order valence-electron chi connectivity index (χ1n) is 15.7. The van der Waals surface area contributed by atoms with Crippen LogP contribution in [0.5, 0.6) is 0 Å². The van der Waals surface area contributed by atoms with E-state index in [2.05, 4.69) is 32.0 Å². The van der Waals surface area contributed by atoms with Gasteiger partial charge in [0, 0.05) is 15.4 Å². The molecule has 0 aliphatic carbocycles. The van der Waals surface area contributed by atoms with Crippen LogP contribution in [0.4, 0.5) is 0 Å². The van der Waals surface area contributed by atoms with E-state index in [1.165, 1.54) is 3.57 Å². The topological polar surface area (TPSA) is 129 Å². The molecule has 0 radical (unpaired) electrons. The SMILES string of the molecule is CC(C)S(=O)(=O)N[C@@H]1COC[C@@H]1c1ccc(B2OC(C)(C)C(C)(C)O2)cc1.CC(C)S(=O)(=O)N[C@@H]1COC[C@@H]1c1ccc(I)cc1.